The van der Waals surface area contributed by atoms with Crippen LogP contribution in [0.3, 0.4) is 0 Å². The molecule has 1 atom stereocenters. The maximum atomic E-state index is 13.0. The summed E-state index contributed by atoms with van der Waals surface area (Å²) in [5.41, 5.74) is -0.352. The predicted molar refractivity (Wildman–Crippen MR) is 108 cm³/mol. The van der Waals surface area contributed by atoms with Crippen LogP contribution in [0.4, 0.5) is 5.69 Å². The second kappa shape index (κ2) is 10.9. The van der Waals surface area contributed by atoms with E-state index in [9.17, 15) is 25.0 Å². The number of hydrogen-bond acceptors (Lipinski definition) is 9. The molecule has 0 aromatic heterocycles. The van der Waals surface area contributed by atoms with Gasteiger partial charge in [0.05, 0.1) is 35.2 Å². The molecule has 1 aromatic carbocycles. The highest BCUT2D eigenvalue weighted by atomic mass is 16.6. The molecule has 0 spiro atoms. The second-order valence-electron chi connectivity index (χ2n) is 6.37. The van der Waals surface area contributed by atoms with E-state index in [1.807, 2.05) is 6.07 Å². The third kappa shape index (κ3) is 5.26. The molecule has 31 heavy (non-hydrogen) atoms. The Balaban J connectivity index is 2.66. The maximum Gasteiger partial charge on any atom is 0.337 e. The minimum atomic E-state index is -1.23. The standard InChI is InChI=1S/C21H23N3O7/c1-4-29-10-11-31-20(25)17-13(3)23-15(12-22)19(21(26)30-5-2)18(17)14-8-6-7-9-16(14)24(27)28/h6-9,18,23H,4-5,10-11H2,1-3H3. The van der Waals surface area contributed by atoms with Gasteiger partial charge in [-0.2, -0.15) is 5.26 Å². The van der Waals surface area contributed by atoms with E-state index in [0.717, 1.165) is 0 Å². The van der Waals surface area contributed by atoms with Crippen molar-refractivity contribution >= 4 is 17.6 Å². The maximum absolute atomic E-state index is 13.0. The van der Waals surface area contributed by atoms with Gasteiger partial charge in [-0.25, -0.2) is 9.59 Å². The first-order valence-electron chi connectivity index (χ1n) is 9.64. The number of nitriles is 1. The van der Waals surface area contributed by atoms with Crippen molar-refractivity contribution in [3.8, 4) is 6.07 Å². The second-order valence-corrected chi connectivity index (χ2v) is 6.37. The van der Waals surface area contributed by atoms with Gasteiger partial charge in [-0.05, 0) is 20.8 Å². The molecule has 1 aromatic rings. The molecular weight excluding hydrogens is 406 g/mol. The lowest BCUT2D eigenvalue weighted by Gasteiger charge is -2.29. The van der Waals surface area contributed by atoms with Crippen molar-refractivity contribution in [1.29, 1.82) is 5.26 Å². The van der Waals surface area contributed by atoms with Crippen molar-refractivity contribution in [2.24, 2.45) is 0 Å². The highest BCUT2D eigenvalue weighted by Crippen LogP contribution is 2.42. The Hall–Kier alpha value is -3.71. The summed E-state index contributed by atoms with van der Waals surface area (Å²) in [7, 11) is 0. The number of carbonyl (C=O) groups excluding carboxylic acids is 2. The Morgan fingerprint density at radius 1 is 1.13 bits per heavy atom. The van der Waals surface area contributed by atoms with Gasteiger partial charge in [-0.1, -0.05) is 18.2 Å². The van der Waals surface area contributed by atoms with Crippen LogP contribution in [-0.4, -0.2) is 43.3 Å². The molecule has 1 aliphatic heterocycles. The molecule has 10 heteroatoms. The number of hydrogen-bond donors (Lipinski definition) is 1. The Kier molecular flexibility index (Phi) is 8.28. The van der Waals surface area contributed by atoms with E-state index in [4.69, 9.17) is 14.2 Å². The number of allylic oxidation sites excluding steroid dienone is 2. The topological polar surface area (TPSA) is 141 Å². The van der Waals surface area contributed by atoms with E-state index in [1.54, 1.807) is 19.9 Å². The van der Waals surface area contributed by atoms with Crippen LogP contribution in [0, 0.1) is 21.4 Å². The lowest BCUT2D eigenvalue weighted by atomic mass is 9.79. The van der Waals surface area contributed by atoms with Gasteiger partial charge in [0.2, 0.25) is 0 Å². The number of nitrogens with zero attached hydrogens (tertiary/aromatic N) is 2. The molecule has 1 heterocycles. The van der Waals surface area contributed by atoms with E-state index in [1.165, 1.54) is 25.1 Å². The fourth-order valence-electron chi connectivity index (χ4n) is 3.24. The van der Waals surface area contributed by atoms with E-state index in [0.29, 0.717) is 6.61 Å². The number of nitrogens with one attached hydrogen (secondary N) is 1. The van der Waals surface area contributed by atoms with Crippen molar-refractivity contribution in [1.82, 2.24) is 5.32 Å². The van der Waals surface area contributed by atoms with Gasteiger partial charge in [-0.3, -0.25) is 10.1 Å². The first-order valence-corrected chi connectivity index (χ1v) is 9.64. The van der Waals surface area contributed by atoms with E-state index in [-0.39, 0.29) is 53.6 Å². The third-order valence-electron chi connectivity index (χ3n) is 4.50. The van der Waals surface area contributed by atoms with E-state index < -0.39 is 22.8 Å². The van der Waals surface area contributed by atoms with Crippen LogP contribution in [0.25, 0.3) is 0 Å². The Labute approximate surface area is 179 Å². The van der Waals surface area contributed by atoms with Crippen molar-refractivity contribution in [2.45, 2.75) is 26.7 Å². The van der Waals surface area contributed by atoms with Crippen molar-refractivity contribution < 1.29 is 28.7 Å². The van der Waals surface area contributed by atoms with Crippen molar-refractivity contribution in [2.75, 3.05) is 26.4 Å². The quantitative estimate of drug-likeness (QED) is 0.271. The molecule has 0 radical (unpaired) electrons. The van der Waals surface area contributed by atoms with E-state index in [2.05, 4.69) is 5.32 Å². The summed E-state index contributed by atoms with van der Waals surface area (Å²) in [6.07, 6.45) is 0. The molecule has 0 bridgehead atoms. The number of rotatable bonds is 9. The highest BCUT2D eigenvalue weighted by molar-refractivity contribution is 6.00. The highest BCUT2D eigenvalue weighted by Gasteiger charge is 2.41. The summed E-state index contributed by atoms with van der Waals surface area (Å²) in [6, 6.07) is 7.60. The Morgan fingerprint density at radius 3 is 2.42 bits per heavy atom. The molecular formula is C21H23N3O7. The number of nitro groups is 1. The fraction of sp³-hybridized carbons (Fsp3) is 0.381. The minimum Gasteiger partial charge on any atom is -0.463 e. The molecule has 0 aliphatic carbocycles. The molecule has 0 saturated heterocycles. The van der Waals surface area contributed by atoms with Gasteiger partial charge in [0, 0.05) is 23.9 Å². The molecule has 2 rings (SSSR count). The zero-order valence-electron chi connectivity index (χ0n) is 17.5. The third-order valence-corrected chi connectivity index (χ3v) is 4.50. The summed E-state index contributed by atoms with van der Waals surface area (Å²) in [5, 5.41) is 24.0. The summed E-state index contributed by atoms with van der Waals surface area (Å²) < 4.78 is 15.5. The number of esters is 2. The van der Waals surface area contributed by atoms with Crippen molar-refractivity contribution in [3.63, 3.8) is 0 Å². The molecule has 0 fully saturated rings. The van der Waals surface area contributed by atoms with Crippen molar-refractivity contribution in [3.05, 3.63) is 62.5 Å². The first-order chi connectivity index (χ1) is 14.9. The Morgan fingerprint density at radius 2 is 1.81 bits per heavy atom. The summed E-state index contributed by atoms with van der Waals surface area (Å²) in [4.78, 5) is 36.8. The zero-order chi connectivity index (χ0) is 23.0. The molecule has 0 saturated carbocycles. The van der Waals surface area contributed by atoms with Crippen LogP contribution < -0.4 is 5.32 Å². The van der Waals surface area contributed by atoms with Gasteiger partial charge in [0.1, 0.15) is 18.4 Å². The zero-order valence-corrected chi connectivity index (χ0v) is 17.5. The monoisotopic (exact) mass is 429 g/mol. The predicted octanol–water partition coefficient (Wildman–Crippen LogP) is 2.48. The van der Waals surface area contributed by atoms with Gasteiger partial charge >= 0.3 is 11.9 Å². The molecule has 0 amide bonds. The molecule has 164 valence electrons. The Bertz CT molecular complexity index is 975. The average Bonchev–Trinajstić information content (AvgIpc) is 2.75. The van der Waals surface area contributed by atoms with Crippen LogP contribution in [0.2, 0.25) is 0 Å². The van der Waals surface area contributed by atoms with E-state index >= 15 is 0 Å². The number of nitro benzene ring substituents is 1. The summed E-state index contributed by atoms with van der Waals surface area (Å²) in [6.45, 7) is 5.50. The normalized spacial score (nSPS) is 15.7. The van der Waals surface area contributed by atoms with Crippen LogP contribution in [-0.2, 0) is 23.8 Å². The van der Waals surface area contributed by atoms with Gasteiger partial charge in [-0.15, -0.1) is 0 Å². The summed E-state index contributed by atoms with van der Waals surface area (Å²) in [5.74, 6) is -2.87. The van der Waals surface area contributed by atoms with Gasteiger partial charge in [0.25, 0.3) is 5.69 Å². The van der Waals surface area contributed by atoms with Crippen LogP contribution in [0.15, 0.2) is 46.8 Å². The number of carbonyl (C=O) groups is 2. The smallest absolute Gasteiger partial charge is 0.337 e. The lowest BCUT2D eigenvalue weighted by Crippen LogP contribution is -2.33. The van der Waals surface area contributed by atoms with Crippen LogP contribution >= 0.6 is 0 Å². The van der Waals surface area contributed by atoms with Crippen LogP contribution in [0.1, 0.15) is 32.3 Å². The summed E-state index contributed by atoms with van der Waals surface area (Å²) >= 11 is 0. The number of ether oxygens (including phenoxy) is 3. The molecule has 1 unspecified atom stereocenters. The number of dihydropyridines is 1. The average molecular weight is 429 g/mol. The molecule has 1 aliphatic rings. The fourth-order valence-corrected chi connectivity index (χ4v) is 3.24. The first kappa shape index (κ1) is 23.6. The molecule has 10 nitrogen and oxygen atoms in total. The van der Waals surface area contributed by atoms with Gasteiger partial charge < -0.3 is 19.5 Å². The largest absolute Gasteiger partial charge is 0.463 e. The van der Waals surface area contributed by atoms with Gasteiger partial charge in [0.15, 0.2) is 0 Å². The SMILES string of the molecule is CCOCCOC(=O)C1=C(C)NC(C#N)=C(C(=O)OCC)C1c1ccccc1[N+](=O)[O-]. The molecule has 1 N–H and O–H groups in total. The number of para-hydroxylation sites is 1. The lowest BCUT2D eigenvalue weighted by molar-refractivity contribution is -0.385. The minimum absolute atomic E-state index is 0.0154. The number of benzene rings is 1. The van der Waals surface area contributed by atoms with Crippen LogP contribution in [0.5, 0.6) is 0 Å².